The molecule has 1 aliphatic heterocycles. The van der Waals surface area contributed by atoms with E-state index in [0.717, 1.165) is 0 Å². The molecular formula is C12H14ClN3O3S. The Morgan fingerprint density at radius 2 is 2.40 bits per heavy atom. The van der Waals surface area contributed by atoms with E-state index < -0.39 is 5.97 Å². The molecule has 0 spiro atoms. The third-order valence-corrected chi connectivity index (χ3v) is 4.01. The van der Waals surface area contributed by atoms with Crippen LogP contribution >= 0.6 is 23.4 Å². The highest BCUT2D eigenvalue weighted by molar-refractivity contribution is 7.98. The van der Waals surface area contributed by atoms with Gasteiger partial charge in [0.15, 0.2) is 11.0 Å². The number of hydrogen-bond donors (Lipinski definition) is 0. The molecule has 20 heavy (non-hydrogen) atoms. The van der Waals surface area contributed by atoms with Crippen LogP contribution in [0.3, 0.4) is 0 Å². The fourth-order valence-electron chi connectivity index (χ4n) is 2.00. The van der Waals surface area contributed by atoms with Crippen LogP contribution in [-0.2, 0) is 9.53 Å². The summed E-state index contributed by atoms with van der Waals surface area (Å²) in [5.74, 6) is 0.119. The third kappa shape index (κ3) is 2.88. The molecule has 1 aliphatic rings. The number of methoxy groups -OCH3 is 1. The van der Waals surface area contributed by atoms with E-state index in [0.29, 0.717) is 29.8 Å². The Morgan fingerprint density at radius 3 is 2.95 bits per heavy atom. The largest absolute Gasteiger partial charge is 0.465 e. The zero-order valence-electron chi connectivity index (χ0n) is 11.1. The Bertz CT molecular complexity index is 541. The van der Waals surface area contributed by atoms with E-state index in [9.17, 15) is 9.59 Å². The first-order valence-electron chi connectivity index (χ1n) is 5.96. The van der Waals surface area contributed by atoms with Crippen molar-refractivity contribution in [2.45, 2.75) is 11.6 Å². The molecule has 8 heteroatoms. The van der Waals surface area contributed by atoms with E-state index in [1.807, 2.05) is 6.26 Å². The number of amides is 1. The zero-order valence-corrected chi connectivity index (χ0v) is 12.7. The maximum Gasteiger partial charge on any atom is 0.343 e. The molecular weight excluding hydrogens is 302 g/mol. The van der Waals surface area contributed by atoms with Gasteiger partial charge in [-0.15, -0.1) is 11.6 Å². The summed E-state index contributed by atoms with van der Waals surface area (Å²) in [6.07, 6.45) is 3.58. The summed E-state index contributed by atoms with van der Waals surface area (Å²) in [5, 5.41) is 0.495. The van der Waals surface area contributed by atoms with E-state index in [1.165, 1.54) is 30.0 Å². The summed E-state index contributed by atoms with van der Waals surface area (Å²) in [6.45, 7) is 0.456. The molecule has 0 aromatic carbocycles. The van der Waals surface area contributed by atoms with E-state index in [2.05, 4.69) is 9.97 Å². The molecule has 2 heterocycles. The minimum atomic E-state index is -0.560. The van der Waals surface area contributed by atoms with Gasteiger partial charge >= 0.3 is 5.97 Å². The second-order valence-electron chi connectivity index (χ2n) is 4.31. The Morgan fingerprint density at radius 1 is 1.65 bits per heavy atom. The van der Waals surface area contributed by atoms with Gasteiger partial charge in [0.25, 0.3) is 0 Å². The lowest BCUT2D eigenvalue weighted by atomic mass is 10.1. The molecule has 0 saturated carbocycles. The molecule has 1 aromatic rings. The van der Waals surface area contributed by atoms with Crippen molar-refractivity contribution in [1.29, 1.82) is 0 Å². The predicted molar refractivity (Wildman–Crippen MR) is 76.3 cm³/mol. The molecule has 6 nitrogen and oxygen atoms in total. The lowest BCUT2D eigenvalue weighted by Crippen LogP contribution is -2.28. The first-order valence-corrected chi connectivity index (χ1v) is 7.72. The normalized spacial score (nSPS) is 18.4. The molecule has 1 atom stereocenters. The summed E-state index contributed by atoms with van der Waals surface area (Å²) in [4.78, 5) is 33.6. The highest BCUT2D eigenvalue weighted by Gasteiger charge is 2.33. The van der Waals surface area contributed by atoms with E-state index in [-0.39, 0.29) is 17.4 Å². The number of thioether (sulfide) groups is 1. The average Bonchev–Trinajstić information content (AvgIpc) is 2.86. The quantitative estimate of drug-likeness (QED) is 0.363. The Kier molecular flexibility index (Phi) is 4.82. The van der Waals surface area contributed by atoms with Crippen LogP contribution in [0.15, 0.2) is 11.4 Å². The summed E-state index contributed by atoms with van der Waals surface area (Å²) in [6, 6.07) is 0. The smallest absolute Gasteiger partial charge is 0.343 e. The van der Waals surface area contributed by atoms with Crippen molar-refractivity contribution in [2.24, 2.45) is 5.92 Å². The monoisotopic (exact) mass is 315 g/mol. The number of anilines is 1. The highest BCUT2D eigenvalue weighted by atomic mass is 35.5. The lowest BCUT2D eigenvalue weighted by molar-refractivity contribution is -0.117. The van der Waals surface area contributed by atoms with Gasteiger partial charge in [0.05, 0.1) is 7.11 Å². The summed E-state index contributed by atoms with van der Waals surface area (Å²) >= 11 is 7.15. The van der Waals surface area contributed by atoms with Crippen molar-refractivity contribution >= 4 is 41.1 Å². The maximum absolute atomic E-state index is 12.1. The summed E-state index contributed by atoms with van der Waals surface area (Å²) < 4.78 is 4.71. The van der Waals surface area contributed by atoms with Gasteiger partial charge in [0, 0.05) is 25.0 Å². The van der Waals surface area contributed by atoms with Crippen molar-refractivity contribution in [1.82, 2.24) is 9.97 Å². The molecule has 108 valence electrons. The number of carbonyl (C=O) groups excluding carboxylic acids is 2. The van der Waals surface area contributed by atoms with E-state index in [1.54, 1.807) is 0 Å². The van der Waals surface area contributed by atoms with Gasteiger partial charge in [-0.3, -0.25) is 9.69 Å². The summed E-state index contributed by atoms with van der Waals surface area (Å²) in [7, 11) is 1.28. The Balaban J connectivity index is 2.42. The zero-order chi connectivity index (χ0) is 14.7. The van der Waals surface area contributed by atoms with Crippen LogP contribution in [0.2, 0.25) is 0 Å². The van der Waals surface area contributed by atoms with Crippen LogP contribution in [0.1, 0.15) is 16.8 Å². The van der Waals surface area contributed by atoms with Crippen LogP contribution in [0, 0.1) is 5.92 Å². The standard InChI is InChI=1S/C12H14ClN3O3S/c1-19-11(18)8-5-14-12(20-2)15-10(8)16-6-7(4-13)3-9(16)17/h5,7H,3-4,6H2,1-2H3. The minimum absolute atomic E-state index is 0.0716. The fourth-order valence-corrected chi connectivity index (χ4v) is 2.55. The van der Waals surface area contributed by atoms with Gasteiger partial charge in [-0.05, 0) is 12.2 Å². The van der Waals surface area contributed by atoms with Gasteiger partial charge in [-0.1, -0.05) is 11.8 Å². The second-order valence-corrected chi connectivity index (χ2v) is 5.40. The van der Waals surface area contributed by atoms with Gasteiger partial charge in [0.2, 0.25) is 5.91 Å². The SMILES string of the molecule is COC(=O)c1cnc(SC)nc1N1CC(CCl)CC1=O. The number of aromatic nitrogens is 2. The summed E-state index contributed by atoms with van der Waals surface area (Å²) in [5.41, 5.74) is 0.189. The van der Waals surface area contributed by atoms with Crippen LogP contribution in [0.25, 0.3) is 0 Å². The Labute approximate surface area is 125 Å². The second kappa shape index (κ2) is 6.41. The molecule has 1 unspecified atom stereocenters. The Hall–Kier alpha value is -1.34. The number of carbonyl (C=O) groups is 2. The number of halogens is 1. The number of alkyl halides is 1. The van der Waals surface area contributed by atoms with Crippen LogP contribution in [-0.4, -0.2) is 47.6 Å². The molecule has 1 aromatic heterocycles. The number of ether oxygens (including phenoxy) is 1. The van der Waals surface area contributed by atoms with Crippen molar-refractivity contribution in [3.63, 3.8) is 0 Å². The van der Waals surface area contributed by atoms with Crippen molar-refractivity contribution in [3.05, 3.63) is 11.8 Å². The number of hydrogen-bond acceptors (Lipinski definition) is 6. The van der Waals surface area contributed by atoms with Gasteiger partial charge in [-0.25, -0.2) is 14.8 Å². The van der Waals surface area contributed by atoms with Crippen molar-refractivity contribution in [2.75, 3.05) is 30.7 Å². The third-order valence-electron chi connectivity index (χ3n) is 3.01. The van der Waals surface area contributed by atoms with E-state index in [4.69, 9.17) is 16.3 Å². The molecule has 1 saturated heterocycles. The van der Waals surface area contributed by atoms with Crippen LogP contribution in [0.4, 0.5) is 5.82 Å². The molecule has 0 N–H and O–H groups in total. The number of esters is 1. The predicted octanol–water partition coefficient (Wildman–Crippen LogP) is 1.58. The molecule has 0 aliphatic carbocycles. The highest BCUT2D eigenvalue weighted by Crippen LogP contribution is 2.28. The molecule has 1 amide bonds. The topological polar surface area (TPSA) is 72.4 Å². The van der Waals surface area contributed by atoms with Gasteiger partial charge < -0.3 is 4.74 Å². The molecule has 0 radical (unpaired) electrons. The van der Waals surface area contributed by atoms with Crippen LogP contribution < -0.4 is 4.90 Å². The first-order chi connectivity index (χ1) is 9.60. The van der Waals surface area contributed by atoms with Crippen molar-refractivity contribution in [3.8, 4) is 0 Å². The molecule has 1 fully saturated rings. The maximum atomic E-state index is 12.1. The lowest BCUT2D eigenvalue weighted by Gasteiger charge is -2.18. The molecule has 2 rings (SSSR count). The van der Waals surface area contributed by atoms with Crippen LogP contribution in [0.5, 0.6) is 0 Å². The average molecular weight is 316 g/mol. The number of rotatable bonds is 4. The first kappa shape index (κ1) is 15.1. The van der Waals surface area contributed by atoms with Crippen molar-refractivity contribution < 1.29 is 14.3 Å². The number of nitrogens with zero attached hydrogens (tertiary/aromatic N) is 3. The minimum Gasteiger partial charge on any atom is -0.465 e. The molecule has 0 bridgehead atoms. The van der Waals surface area contributed by atoms with Gasteiger partial charge in [-0.2, -0.15) is 0 Å². The van der Waals surface area contributed by atoms with Gasteiger partial charge in [0.1, 0.15) is 5.56 Å². The fraction of sp³-hybridized carbons (Fsp3) is 0.500. The van der Waals surface area contributed by atoms with E-state index >= 15 is 0 Å².